The zero-order valence-electron chi connectivity index (χ0n) is 10.4. The minimum Gasteiger partial charge on any atom is -0.507 e. The van der Waals surface area contributed by atoms with Crippen molar-refractivity contribution in [3.8, 4) is 5.75 Å². The first-order valence-electron chi connectivity index (χ1n) is 5.48. The second-order valence-electron chi connectivity index (χ2n) is 3.94. The van der Waals surface area contributed by atoms with Gasteiger partial charge in [-0.1, -0.05) is 0 Å². The number of anilines is 1. The molecular formula is C12H12N4O3. The van der Waals surface area contributed by atoms with Gasteiger partial charge in [0.1, 0.15) is 11.3 Å². The van der Waals surface area contributed by atoms with E-state index in [0.29, 0.717) is 5.69 Å². The van der Waals surface area contributed by atoms with Crippen LogP contribution in [0.15, 0.2) is 29.3 Å². The summed E-state index contributed by atoms with van der Waals surface area (Å²) in [5.74, 6) is -1.05. The van der Waals surface area contributed by atoms with Gasteiger partial charge >= 0.3 is 0 Å². The van der Waals surface area contributed by atoms with Crippen molar-refractivity contribution in [2.24, 2.45) is 7.05 Å². The molecule has 0 aliphatic rings. The fourth-order valence-electron chi connectivity index (χ4n) is 1.55. The second-order valence-corrected chi connectivity index (χ2v) is 3.94. The monoisotopic (exact) mass is 260 g/mol. The van der Waals surface area contributed by atoms with Crippen LogP contribution in [-0.2, 0) is 7.05 Å². The highest BCUT2D eigenvalue weighted by Crippen LogP contribution is 2.15. The maximum Gasteiger partial charge on any atom is 0.267 e. The van der Waals surface area contributed by atoms with Gasteiger partial charge in [0.2, 0.25) is 5.95 Å². The van der Waals surface area contributed by atoms with Crippen LogP contribution in [0.4, 0.5) is 5.95 Å². The number of carbonyl (C=O) groups excluding carboxylic acids is 1. The summed E-state index contributed by atoms with van der Waals surface area (Å²) < 4.78 is 1.28. The molecule has 0 fully saturated rings. The zero-order valence-corrected chi connectivity index (χ0v) is 10.4. The first-order chi connectivity index (χ1) is 9.00. The summed E-state index contributed by atoms with van der Waals surface area (Å²) in [6.07, 6.45) is 2.91. The number of carbonyl (C=O) groups is 1. The highest BCUT2D eigenvalue weighted by Gasteiger charge is 2.19. The average molecular weight is 260 g/mol. The van der Waals surface area contributed by atoms with Crippen molar-refractivity contribution in [3.05, 3.63) is 46.1 Å². The van der Waals surface area contributed by atoms with Gasteiger partial charge in [-0.25, -0.2) is 9.97 Å². The van der Waals surface area contributed by atoms with Crippen LogP contribution in [-0.4, -0.2) is 25.5 Å². The van der Waals surface area contributed by atoms with E-state index in [1.54, 1.807) is 13.0 Å². The summed E-state index contributed by atoms with van der Waals surface area (Å²) in [7, 11) is 1.52. The third-order valence-electron chi connectivity index (χ3n) is 2.67. The Hall–Kier alpha value is -2.70. The van der Waals surface area contributed by atoms with E-state index >= 15 is 0 Å². The average Bonchev–Trinajstić information content (AvgIpc) is 2.37. The molecule has 7 heteroatoms. The predicted octanol–water partition coefficient (Wildman–Crippen LogP) is 0.442. The molecule has 0 bridgehead atoms. The standard InChI is InChI=1S/C12H12N4O3/c1-7-6-8(17)9(11(19)16(7)2)10(18)15-12-13-4-3-5-14-12/h3-6,17H,1-2H3,(H,13,14,15,18). The number of nitrogens with one attached hydrogen (secondary N) is 1. The van der Waals surface area contributed by atoms with Crippen molar-refractivity contribution in [1.82, 2.24) is 14.5 Å². The summed E-state index contributed by atoms with van der Waals surface area (Å²) in [6, 6.07) is 2.94. The molecule has 1 amide bonds. The lowest BCUT2D eigenvalue weighted by Gasteiger charge is -2.09. The van der Waals surface area contributed by atoms with E-state index in [4.69, 9.17) is 0 Å². The van der Waals surface area contributed by atoms with Gasteiger partial charge in [0, 0.05) is 31.2 Å². The summed E-state index contributed by atoms with van der Waals surface area (Å²) >= 11 is 0. The summed E-state index contributed by atoms with van der Waals surface area (Å²) in [5.41, 5.74) is -0.360. The quantitative estimate of drug-likeness (QED) is 0.816. The van der Waals surface area contributed by atoms with Gasteiger partial charge in [-0.05, 0) is 13.0 Å². The van der Waals surface area contributed by atoms with Crippen molar-refractivity contribution >= 4 is 11.9 Å². The molecule has 0 aliphatic carbocycles. The molecule has 0 saturated heterocycles. The van der Waals surface area contributed by atoms with Crippen LogP contribution in [0.2, 0.25) is 0 Å². The molecule has 2 N–H and O–H groups in total. The van der Waals surface area contributed by atoms with Gasteiger partial charge in [0.25, 0.3) is 11.5 Å². The number of aromatic nitrogens is 3. The Morgan fingerprint density at radius 1 is 1.37 bits per heavy atom. The van der Waals surface area contributed by atoms with Gasteiger partial charge in [-0.3, -0.25) is 14.9 Å². The molecule has 0 unspecified atom stereocenters. The Morgan fingerprint density at radius 3 is 2.63 bits per heavy atom. The molecule has 2 heterocycles. The van der Waals surface area contributed by atoms with Crippen molar-refractivity contribution < 1.29 is 9.90 Å². The first-order valence-corrected chi connectivity index (χ1v) is 5.48. The molecule has 0 aliphatic heterocycles. The molecule has 0 atom stereocenters. The number of hydrogen-bond donors (Lipinski definition) is 2. The Labute approximate surface area is 108 Å². The molecular weight excluding hydrogens is 248 g/mol. The van der Waals surface area contributed by atoms with E-state index in [-0.39, 0.29) is 17.3 Å². The highest BCUT2D eigenvalue weighted by atomic mass is 16.3. The van der Waals surface area contributed by atoms with Crippen LogP contribution >= 0.6 is 0 Å². The minimum absolute atomic E-state index is 0.0644. The van der Waals surface area contributed by atoms with Gasteiger partial charge in [-0.2, -0.15) is 0 Å². The molecule has 2 rings (SSSR count). The van der Waals surface area contributed by atoms with E-state index in [1.165, 1.54) is 30.1 Å². The van der Waals surface area contributed by atoms with Crippen molar-refractivity contribution in [3.63, 3.8) is 0 Å². The Balaban J connectivity index is 2.40. The lowest BCUT2D eigenvalue weighted by molar-refractivity contribution is 0.102. The van der Waals surface area contributed by atoms with E-state index < -0.39 is 11.5 Å². The SMILES string of the molecule is Cc1cc(O)c(C(=O)Nc2ncccn2)c(=O)n1C. The van der Waals surface area contributed by atoms with E-state index in [2.05, 4.69) is 15.3 Å². The van der Waals surface area contributed by atoms with Crippen LogP contribution in [0.3, 0.4) is 0 Å². The van der Waals surface area contributed by atoms with Gasteiger partial charge in [0.05, 0.1) is 0 Å². The van der Waals surface area contributed by atoms with Crippen LogP contribution in [0.5, 0.6) is 5.75 Å². The molecule has 0 radical (unpaired) electrons. The third kappa shape index (κ3) is 2.44. The fraction of sp³-hybridized carbons (Fsp3) is 0.167. The Kier molecular flexibility index (Phi) is 3.28. The number of aromatic hydroxyl groups is 1. The number of amides is 1. The second kappa shape index (κ2) is 4.89. The smallest absolute Gasteiger partial charge is 0.267 e. The van der Waals surface area contributed by atoms with E-state index in [9.17, 15) is 14.7 Å². The molecule has 2 aromatic rings. The maximum atomic E-state index is 12.0. The molecule has 98 valence electrons. The largest absolute Gasteiger partial charge is 0.507 e. The van der Waals surface area contributed by atoms with Gasteiger partial charge in [-0.15, -0.1) is 0 Å². The van der Waals surface area contributed by atoms with Gasteiger partial charge < -0.3 is 9.67 Å². The highest BCUT2D eigenvalue weighted by molar-refractivity contribution is 6.04. The van der Waals surface area contributed by atoms with Crippen LogP contribution in [0.1, 0.15) is 16.1 Å². The molecule has 2 aromatic heterocycles. The number of nitrogens with zero attached hydrogens (tertiary/aromatic N) is 3. The summed E-state index contributed by atoms with van der Waals surface area (Å²) in [6.45, 7) is 1.66. The normalized spacial score (nSPS) is 10.2. The minimum atomic E-state index is -0.746. The summed E-state index contributed by atoms with van der Waals surface area (Å²) in [5, 5.41) is 12.1. The fourth-order valence-corrected chi connectivity index (χ4v) is 1.55. The van der Waals surface area contributed by atoms with Crippen LogP contribution < -0.4 is 10.9 Å². The molecule has 0 aromatic carbocycles. The number of hydrogen-bond acceptors (Lipinski definition) is 5. The van der Waals surface area contributed by atoms with E-state index in [0.717, 1.165) is 0 Å². The van der Waals surface area contributed by atoms with Crippen molar-refractivity contribution in [2.45, 2.75) is 6.92 Å². The van der Waals surface area contributed by atoms with Gasteiger partial charge in [0.15, 0.2) is 0 Å². The maximum absolute atomic E-state index is 12.0. The molecule has 0 spiro atoms. The predicted molar refractivity (Wildman–Crippen MR) is 68.1 cm³/mol. The first kappa shape index (κ1) is 12.7. The van der Waals surface area contributed by atoms with Crippen molar-refractivity contribution in [2.75, 3.05) is 5.32 Å². The van der Waals surface area contributed by atoms with Crippen LogP contribution in [0.25, 0.3) is 0 Å². The number of pyridine rings is 1. The molecule has 7 nitrogen and oxygen atoms in total. The third-order valence-corrected chi connectivity index (χ3v) is 2.67. The van der Waals surface area contributed by atoms with Crippen LogP contribution in [0, 0.1) is 6.92 Å². The van der Waals surface area contributed by atoms with E-state index in [1.807, 2.05) is 0 Å². The summed E-state index contributed by atoms with van der Waals surface area (Å²) in [4.78, 5) is 31.5. The lowest BCUT2D eigenvalue weighted by Crippen LogP contribution is -2.29. The lowest BCUT2D eigenvalue weighted by atomic mass is 10.2. The number of aryl methyl sites for hydroxylation is 1. The Morgan fingerprint density at radius 2 is 2.00 bits per heavy atom. The van der Waals surface area contributed by atoms with Crippen molar-refractivity contribution in [1.29, 1.82) is 0 Å². The topological polar surface area (TPSA) is 97.1 Å². The number of rotatable bonds is 2. The zero-order chi connectivity index (χ0) is 14.0. The molecule has 19 heavy (non-hydrogen) atoms. The molecule has 0 saturated carbocycles. The Bertz CT molecular complexity index is 679.